The lowest BCUT2D eigenvalue weighted by Crippen LogP contribution is -2.18. The normalized spacial score (nSPS) is 12.2. The molecule has 0 aliphatic rings. The van der Waals surface area contributed by atoms with Crippen LogP contribution in [0.2, 0.25) is 0 Å². The molecule has 0 aliphatic heterocycles. The third-order valence-electron chi connectivity index (χ3n) is 5.42. The van der Waals surface area contributed by atoms with Crippen LogP contribution in [0.1, 0.15) is 25.3 Å². The summed E-state index contributed by atoms with van der Waals surface area (Å²) in [6.07, 6.45) is 1.51. The van der Waals surface area contributed by atoms with Gasteiger partial charge in [0.2, 0.25) is 0 Å². The van der Waals surface area contributed by atoms with E-state index in [4.69, 9.17) is 19.4 Å². The van der Waals surface area contributed by atoms with Gasteiger partial charge in [0.1, 0.15) is 11.6 Å². The summed E-state index contributed by atoms with van der Waals surface area (Å²) in [4.78, 5) is 9.70. The van der Waals surface area contributed by atoms with Gasteiger partial charge < -0.3 is 14.8 Å². The van der Waals surface area contributed by atoms with Gasteiger partial charge in [-0.1, -0.05) is 37.6 Å². The molecule has 4 aromatic rings. The fourth-order valence-electron chi connectivity index (χ4n) is 3.71. The molecule has 0 bridgehead atoms. The predicted octanol–water partition coefficient (Wildman–Crippen LogP) is 7.21. The first-order chi connectivity index (χ1) is 16.6. The van der Waals surface area contributed by atoms with Gasteiger partial charge in [-0.15, -0.1) is 0 Å². The van der Waals surface area contributed by atoms with E-state index in [-0.39, 0.29) is 6.29 Å². The van der Waals surface area contributed by atoms with Gasteiger partial charge in [-0.05, 0) is 55.0 Å². The summed E-state index contributed by atoms with van der Waals surface area (Å²) < 4.78 is 11.5. The Labute approximate surface area is 199 Å². The zero-order valence-corrected chi connectivity index (χ0v) is 19.9. The molecule has 0 saturated carbocycles. The molecule has 0 saturated heterocycles. The number of aryl methyl sites for hydroxylation is 1. The van der Waals surface area contributed by atoms with E-state index in [1.54, 1.807) is 14.2 Å². The Kier molecular flexibility index (Phi) is 7.44. The molecule has 7 nitrogen and oxygen atoms in total. The topological polar surface area (TPSA) is 81.0 Å². The molecule has 0 fully saturated rings. The molecule has 1 N–H and O–H groups in total. The highest BCUT2D eigenvalue weighted by atomic mass is 16.7. The highest BCUT2D eigenvalue weighted by Crippen LogP contribution is 2.30. The number of nitrogens with zero attached hydrogens (tertiary/aromatic N) is 4. The number of nitrogens with one attached hydrogen (secondary N) is 1. The monoisotopic (exact) mass is 455 g/mol. The van der Waals surface area contributed by atoms with Crippen LogP contribution in [0.25, 0.3) is 22.3 Å². The minimum absolute atomic E-state index is 0.284. The van der Waals surface area contributed by atoms with Crippen molar-refractivity contribution in [3.63, 3.8) is 0 Å². The number of fused-ring (bicyclic) bond motifs is 1. The van der Waals surface area contributed by atoms with Crippen molar-refractivity contribution in [1.29, 1.82) is 0 Å². The Morgan fingerprint density at radius 1 is 1.00 bits per heavy atom. The van der Waals surface area contributed by atoms with Crippen LogP contribution >= 0.6 is 0 Å². The second-order valence-electron chi connectivity index (χ2n) is 7.94. The molecule has 34 heavy (non-hydrogen) atoms. The number of anilines is 2. The Bertz CT molecular complexity index is 1310. The maximum atomic E-state index is 6.01. The molecule has 1 heterocycles. The number of hydrogen-bond donors (Lipinski definition) is 1. The molecule has 0 amide bonds. The second-order valence-corrected chi connectivity index (χ2v) is 7.94. The Balaban J connectivity index is 1.71. The Morgan fingerprint density at radius 3 is 2.62 bits per heavy atom. The smallest absolute Gasteiger partial charge is 0.199 e. The Morgan fingerprint density at radius 2 is 1.85 bits per heavy atom. The van der Waals surface area contributed by atoms with Gasteiger partial charge in [0.05, 0.1) is 11.2 Å². The van der Waals surface area contributed by atoms with Crippen LogP contribution < -0.4 is 10.1 Å². The van der Waals surface area contributed by atoms with Crippen LogP contribution in [0.15, 0.2) is 77.0 Å². The van der Waals surface area contributed by atoms with Crippen LogP contribution in [0.3, 0.4) is 0 Å². The standard InChI is InChI=1S/C27H29N5O2/c1-5-9-25(33-4)34-21-11-8-10-19(17-21)26-30-24-13-7-6-12-22(24)27(31-26)29-20-14-15-23(32-28-3)18(2)16-20/h6-8,10-17,25H,5,9H2,1-4H3,(H,29,30,31). The van der Waals surface area contributed by atoms with E-state index in [9.17, 15) is 0 Å². The van der Waals surface area contributed by atoms with Gasteiger partial charge in [-0.25, -0.2) is 9.97 Å². The minimum Gasteiger partial charge on any atom is -0.465 e. The molecule has 0 radical (unpaired) electrons. The van der Waals surface area contributed by atoms with Gasteiger partial charge in [0.15, 0.2) is 12.1 Å². The van der Waals surface area contributed by atoms with Gasteiger partial charge in [-0.2, -0.15) is 10.2 Å². The van der Waals surface area contributed by atoms with E-state index in [1.807, 2.05) is 73.7 Å². The van der Waals surface area contributed by atoms with Crippen molar-refractivity contribution in [3.05, 3.63) is 72.3 Å². The zero-order valence-electron chi connectivity index (χ0n) is 19.9. The third-order valence-corrected chi connectivity index (χ3v) is 5.42. The SMILES string of the molecule is CCCC(OC)Oc1cccc(-c2nc(Nc3ccc(N=NC)c(C)c3)c3ccccc3n2)c1. The summed E-state index contributed by atoms with van der Waals surface area (Å²) in [6, 6.07) is 21.7. The van der Waals surface area contributed by atoms with Gasteiger partial charge >= 0.3 is 0 Å². The first-order valence-corrected chi connectivity index (χ1v) is 11.4. The van der Waals surface area contributed by atoms with E-state index >= 15 is 0 Å². The van der Waals surface area contributed by atoms with Crippen molar-refractivity contribution < 1.29 is 9.47 Å². The van der Waals surface area contributed by atoms with Crippen LogP contribution in [0.4, 0.5) is 17.2 Å². The highest BCUT2D eigenvalue weighted by Gasteiger charge is 2.13. The lowest BCUT2D eigenvalue weighted by Gasteiger charge is -2.17. The molecule has 1 atom stereocenters. The third kappa shape index (κ3) is 5.38. The molecule has 1 aromatic heterocycles. The van der Waals surface area contributed by atoms with Crippen molar-refractivity contribution in [2.24, 2.45) is 10.2 Å². The molecule has 1 unspecified atom stereocenters. The van der Waals surface area contributed by atoms with E-state index in [0.29, 0.717) is 5.82 Å². The number of aromatic nitrogens is 2. The molecular formula is C27H29N5O2. The summed E-state index contributed by atoms with van der Waals surface area (Å²) in [5, 5.41) is 12.4. The molecule has 7 heteroatoms. The minimum atomic E-state index is -0.284. The number of benzene rings is 3. The van der Waals surface area contributed by atoms with E-state index in [1.165, 1.54) is 0 Å². The number of hydrogen-bond acceptors (Lipinski definition) is 7. The van der Waals surface area contributed by atoms with Gasteiger partial charge in [0, 0.05) is 37.2 Å². The summed E-state index contributed by atoms with van der Waals surface area (Å²) in [5.41, 5.74) is 4.51. The zero-order chi connectivity index (χ0) is 23.9. The van der Waals surface area contributed by atoms with E-state index < -0.39 is 0 Å². The number of rotatable bonds is 9. The largest absolute Gasteiger partial charge is 0.465 e. The van der Waals surface area contributed by atoms with Crippen molar-refractivity contribution >= 4 is 28.1 Å². The number of azo groups is 1. The molecule has 4 rings (SSSR count). The van der Waals surface area contributed by atoms with Crippen LogP contribution in [0.5, 0.6) is 5.75 Å². The van der Waals surface area contributed by atoms with Crippen molar-refractivity contribution in [1.82, 2.24) is 9.97 Å². The molecule has 0 aliphatic carbocycles. The number of para-hydroxylation sites is 1. The average molecular weight is 456 g/mol. The highest BCUT2D eigenvalue weighted by molar-refractivity contribution is 5.92. The maximum Gasteiger partial charge on any atom is 0.199 e. The first kappa shape index (κ1) is 23.3. The Hall–Kier alpha value is -3.84. The molecule has 174 valence electrons. The molecular weight excluding hydrogens is 426 g/mol. The fourth-order valence-corrected chi connectivity index (χ4v) is 3.71. The fraction of sp³-hybridized carbons (Fsp3) is 0.259. The predicted molar refractivity (Wildman–Crippen MR) is 136 cm³/mol. The summed E-state index contributed by atoms with van der Waals surface area (Å²) in [5.74, 6) is 2.07. The lowest BCUT2D eigenvalue weighted by atomic mass is 10.1. The van der Waals surface area contributed by atoms with Crippen molar-refractivity contribution in [2.75, 3.05) is 19.5 Å². The van der Waals surface area contributed by atoms with Gasteiger partial charge in [0.25, 0.3) is 0 Å². The molecule has 3 aromatic carbocycles. The summed E-state index contributed by atoms with van der Waals surface area (Å²) in [7, 11) is 3.33. The van der Waals surface area contributed by atoms with Gasteiger partial charge in [-0.3, -0.25) is 0 Å². The van der Waals surface area contributed by atoms with Crippen molar-refractivity contribution in [3.8, 4) is 17.1 Å². The first-order valence-electron chi connectivity index (χ1n) is 11.4. The van der Waals surface area contributed by atoms with E-state index in [0.717, 1.165) is 57.8 Å². The number of ether oxygens (including phenoxy) is 2. The summed E-state index contributed by atoms with van der Waals surface area (Å²) in [6.45, 7) is 4.11. The maximum absolute atomic E-state index is 6.01. The second kappa shape index (κ2) is 10.9. The number of methoxy groups -OCH3 is 1. The quantitative estimate of drug-likeness (QED) is 0.213. The van der Waals surface area contributed by atoms with Crippen LogP contribution in [-0.2, 0) is 4.74 Å². The van der Waals surface area contributed by atoms with E-state index in [2.05, 4.69) is 22.5 Å². The van der Waals surface area contributed by atoms with Crippen LogP contribution in [-0.4, -0.2) is 30.4 Å². The summed E-state index contributed by atoms with van der Waals surface area (Å²) >= 11 is 0. The molecule has 0 spiro atoms. The average Bonchev–Trinajstić information content (AvgIpc) is 2.85. The van der Waals surface area contributed by atoms with Crippen LogP contribution in [0, 0.1) is 6.92 Å². The lowest BCUT2D eigenvalue weighted by molar-refractivity contribution is -0.0583. The van der Waals surface area contributed by atoms with Crippen molar-refractivity contribution in [2.45, 2.75) is 33.0 Å².